The van der Waals surface area contributed by atoms with Gasteiger partial charge in [0.2, 0.25) is 5.91 Å². The van der Waals surface area contributed by atoms with E-state index in [1.165, 1.54) is 17.1 Å². The Morgan fingerprint density at radius 3 is 2.76 bits per heavy atom. The first-order valence-electron chi connectivity index (χ1n) is 6.42. The van der Waals surface area contributed by atoms with Gasteiger partial charge in [0, 0.05) is 24.6 Å². The lowest BCUT2D eigenvalue weighted by molar-refractivity contribution is -0.118. The fourth-order valence-corrected chi connectivity index (χ4v) is 1.86. The van der Waals surface area contributed by atoms with Crippen LogP contribution in [-0.4, -0.2) is 26.3 Å². The van der Waals surface area contributed by atoms with Crippen LogP contribution in [0.3, 0.4) is 0 Å². The summed E-state index contributed by atoms with van der Waals surface area (Å²) in [4.78, 5) is 22.5. The van der Waals surface area contributed by atoms with Crippen molar-refractivity contribution >= 4 is 17.6 Å². The van der Waals surface area contributed by atoms with Crippen LogP contribution in [0.25, 0.3) is 0 Å². The number of urea groups is 1. The molecule has 8 nitrogen and oxygen atoms in total. The van der Waals surface area contributed by atoms with Gasteiger partial charge in [-0.15, -0.1) is 0 Å². The van der Waals surface area contributed by atoms with E-state index in [4.69, 9.17) is 5.73 Å². The molecule has 0 aliphatic heterocycles. The van der Waals surface area contributed by atoms with Crippen molar-refractivity contribution in [2.45, 2.75) is 20.0 Å². The molecule has 0 unspecified atom stereocenters. The summed E-state index contributed by atoms with van der Waals surface area (Å²) in [6, 6.07) is 3.61. The summed E-state index contributed by atoms with van der Waals surface area (Å²) in [5, 5.41) is 9.30. The first-order valence-corrected chi connectivity index (χ1v) is 6.42. The van der Waals surface area contributed by atoms with Gasteiger partial charge >= 0.3 is 6.03 Å². The van der Waals surface area contributed by atoms with Gasteiger partial charge in [0.1, 0.15) is 6.54 Å². The molecule has 0 saturated heterocycles. The number of hydrogen-bond donors (Lipinski definition) is 3. The lowest BCUT2D eigenvalue weighted by Gasteiger charge is -2.08. The molecule has 8 heteroatoms. The molecule has 0 bridgehead atoms. The number of aromatic nitrogens is 3. The molecule has 2 aromatic rings. The summed E-state index contributed by atoms with van der Waals surface area (Å²) in [6.45, 7) is 2.40. The van der Waals surface area contributed by atoms with E-state index in [0.29, 0.717) is 12.2 Å². The minimum absolute atomic E-state index is 0.0219. The van der Waals surface area contributed by atoms with Gasteiger partial charge in [-0.2, -0.15) is 5.10 Å². The first kappa shape index (κ1) is 14.6. The molecular formula is C13H18N6O2. The SMILES string of the molecule is Cc1ccc(CNC(=O)Nc2cnn(CC(N)=O)c2)n1C. The molecule has 0 radical (unpaired) electrons. The van der Waals surface area contributed by atoms with E-state index in [2.05, 4.69) is 15.7 Å². The zero-order chi connectivity index (χ0) is 15.4. The van der Waals surface area contributed by atoms with E-state index in [-0.39, 0.29) is 12.6 Å². The number of carbonyl (C=O) groups is 2. The van der Waals surface area contributed by atoms with Gasteiger partial charge < -0.3 is 20.9 Å². The number of nitrogens with zero attached hydrogens (tertiary/aromatic N) is 3. The number of nitrogens with two attached hydrogens (primary N) is 1. The number of primary amides is 1. The summed E-state index contributed by atoms with van der Waals surface area (Å²) >= 11 is 0. The maximum absolute atomic E-state index is 11.8. The van der Waals surface area contributed by atoms with Crippen LogP contribution in [0, 0.1) is 6.92 Å². The van der Waals surface area contributed by atoms with E-state index in [1.54, 1.807) is 0 Å². The van der Waals surface area contributed by atoms with Crippen molar-refractivity contribution in [2.24, 2.45) is 12.8 Å². The zero-order valence-electron chi connectivity index (χ0n) is 12.0. The van der Waals surface area contributed by atoms with E-state index < -0.39 is 5.91 Å². The van der Waals surface area contributed by atoms with Crippen molar-refractivity contribution in [3.8, 4) is 0 Å². The van der Waals surface area contributed by atoms with Crippen molar-refractivity contribution in [1.82, 2.24) is 19.7 Å². The number of nitrogens with one attached hydrogen (secondary N) is 2. The highest BCUT2D eigenvalue weighted by molar-refractivity contribution is 5.88. The third-order valence-corrected chi connectivity index (χ3v) is 3.12. The minimum atomic E-state index is -0.492. The van der Waals surface area contributed by atoms with Crippen molar-refractivity contribution in [3.63, 3.8) is 0 Å². The summed E-state index contributed by atoms with van der Waals surface area (Å²) in [6.07, 6.45) is 2.99. The molecule has 4 N–H and O–H groups in total. The van der Waals surface area contributed by atoms with Crippen LogP contribution >= 0.6 is 0 Å². The van der Waals surface area contributed by atoms with Gasteiger partial charge in [-0.3, -0.25) is 9.48 Å². The van der Waals surface area contributed by atoms with Gasteiger partial charge in [0.25, 0.3) is 0 Å². The molecule has 2 rings (SSSR count). The number of hydrogen-bond acceptors (Lipinski definition) is 3. The van der Waals surface area contributed by atoms with Gasteiger partial charge in [-0.25, -0.2) is 4.79 Å². The number of amides is 3. The Kier molecular flexibility index (Phi) is 4.27. The van der Waals surface area contributed by atoms with Gasteiger partial charge in [-0.05, 0) is 19.1 Å². The van der Waals surface area contributed by atoms with Crippen molar-refractivity contribution in [1.29, 1.82) is 0 Å². The molecule has 0 fully saturated rings. The van der Waals surface area contributed by atoms with E-state index in [0.717, 1.165) is 11.4 Å². The molecule has 2 heterocycles. The standard InChI is InChI=1S/C13H18N6O2/c1-9-3-4-11(18(9)2)6-15-13(21)17-10-5-16-19(7-10)8-12(14)20/h3-5,7H,6,8H2,1-2H3,(H2,14,20)(H2,15,17,21). The lowest BCUT2D eigenvalue weighted by Crippen LogP contribution is -2.28. The molecule has 0 saturated carbocycles. The molecule has 3 amide bonds. The van der Waals surface area contributed by atoms with Gasteiger partial charge in [0.05, 0.1) is 18.4 Å². The highest BCUT2D eigenvalue weighted by Crippen LogP contribution is 2.06. The van der Waals surface area contributed by atoms with Crippen LogP contribution in [-0.2, 0) is 24.9 Å². The molecule has 0 atom stereocenters. The molecule has 0 aliphatic rings. The third-order valence-electron chi connectivity index (χ3n) is 3.12. The second-order valence-electron chi connectivity index (χ2n) is 4.73. The first-order chi connectivity index (χ1) is 9.95. The van der Waals surface area contributed by atoms with E-state index in [1.807, 2.05) is 30.7 Å². The Morgan fingerprint density at radius 2 is 2.14 bits per heavy atom. The highest BCUT2D eigenvalue weighted by atomic mass is 16.2. The maximum atomic E-state index is 11.8. The quantitative estimate of drug-likeness (QED) is 0.739. The van der Waals surface area contributed by atoms with Crippen LogP contribution in [0.5, 0.6) is 0 Å². The second kappa shape index (κ2) is 6.12. The van der Waals surface area contributed by atoms with Crippen molar-refractivity contribution < 1.29 is 9.59 Å². The summed E-state index contributed by atoms with van der Waals surface area (Å²) in [7, 11) is 1.94. The average Bonchev–Trinajstić information content (AvgIpc) is 2.96. The second-order valence-corrected chi connectivity index (χ2v) is 4.73. The Hall–Kier alpha value is -2.77. The van der Waals surface area contributed by atoms with Crippen molar-refractivity contribution in [3.05, 3.63) is 35.9 Å². The normalized spacial score (nSPS) is 10.4. The van der Waals surface area contributed by atoms with E-state index in [9.17, 15) is 9.59 Å². The number of aryl methyl sites for hydroxylation is 1. The van der Waals surface area contributed by atoms with Crippen molar-refractivity contribution in [2.75, 3.05) is 5.32 Å². The van der Waals surface area contributed by atoms with Gasteiger partial charge in [-0.1, -0.05) is 0 Å². The zero-order valence-corrected chi connectivity index (χ0v) is 12.0. The minimum Gasteiger partial charge on any atom is -0.368 e. The third kappa shape index (κ3) is 3.85. The topological polar surface area (TPSA) is 107 Å². The fraction of sp³-hybridized carbons (Fsp3) is 0.308. The maximum Gasteiger partial charge on any atom is 0.319 e. The Morgan fingerprint density at radius 1 is 1.38 bits per heavy atom. The monoisotopic (exact) mass is 290 g/mol. The molecule has 0 spiro atoms. The predicted octanol–water partition coefficient (Wildman–Crippen LogP) is 0.337. The fourth-order valence-electron chi connectivity index (χ4n) is 1.86. The van der Waals surface area contributed by atoms with Crippen LogP contribution in [0.15, 0.2) is 24.5 Å². The molecular weight excluding hydrogens is 272 g/mol. The summed E-state index contributed by atoms with van der Waals surface area (Å²) < 4.78 is 3.36. The van der Waals surface area contributed by atoms with Crippen LogP contribution in [0.1, 0.15) is 11.4 Å². The van der Waals surface area contributed by atoms with Crippen LogP contribution < -0.4 is 16.4 Å². The molecule has 0 aromatic carbocycles. The highest BCUT2D eigenvalue weighted by Gasteiger charge is 2.07. The predicted molar refractivity (Wildman–Crippen MR) is 77.4 cm³/mol. The average molecular weight is 290 g/mol. The molecule has 21 heavy (non-hydrogen) atoms. The number of anilines is 1. The lowest BCUT2D eigenvalue weighted by atomic mass is 10.4. The molecule has 112 valence electrons. The Labute approximate surface area is 121 Å². The largest absolute Gasteiger partial charge is 0.368 e. The summed E-state index contributed by atoms with van der Waals surface area (Å²) in [5.74, 6) is -0.492. The molecule has 0 aliphatic carbocycles. The van der Waals surface area contributed by atoms with Crippen LogP contribution in [0.4, 0.5) is 10.5 Å². The van der Waals surface area contributed by atoms with Gasteiger partial charge in [0.15, 0.2) is 0 Å². The summed E-state index contributed by atoms with van der Waals surface area (Å²) in [5.41, 5.74) is 7.69. The number of carbonyl (C=O) groups excluding carboxylic acids is 2. The Balaban J connectivity index is 1.85. The molecule has 2 aromatic heterocycles. The smallest absolute Gasteiger partial charge is 0.319 e. The van der Waals surface area contributed by atoms with Crippen LogP contribution in [0.2, 0.25) is 0 Å². The number of rotatable bonds is 5. The van der Waals surface area contributed by atoms with E-state index >= 15 is 0 Å². The Bertz CT molecular complexity index is 657.